The molecule has 0 spiro atoms. The molecule has 0 radical (unpaired) electrons. The van der Waals surface area contributed by atoms with Crippen molar-refractivity contribution in [1.82, 2.24) is 10.2 Å². The highest BCUT2D eigenvalue weighted by molar-refractivity contribution is 6.30. The lowest BCUT2D eigenvalue weighted by Crippen LogP contribution is -2.40. The Labute approximate surface area is 114 Å². The van der Waals surface area contributed by atoms with E-state index in [4.69, 9.17) is 11.6 Å². The van der Waals surface area contributed by atoms with Crippen LogP contribution in [-0.2, 0) is 6.42 Å². The number of halogens is 2. The Morgan fingerprint density at radius 1 is 1.39 bits per heavy atom. The molecular formula is C14H22ClFN2. The van der Waals surface area contributed by atoms with Crippen molar-refractivity contribution >= 4 is 11.6 Å². The molecule has 0 amide bonds. The first kappa shape index (κ1) is 15.4. The first-order valence-corrected chi connectivity index (χ1v) is 6.73. The maximum absolute atomic E-state index is 13.8. The van der Waals surface area contributed by atoms with E-state index >= 15 is 0 Å². The highest BCUT2D eigenvalue weighted by Crippen LogP contribution is 2.19. The van der Waals surface area contributed by atoms with Gasteiger partial charge < -0.3 is 10.2 Å². The topological polar surface area (TPSA) is 15.3 Å². The zero-order valence-corrected chi connectivity index (χ0v) is 12.1. The van der Waals surface area contributed by atoms with Crippen molar-refractivity contribution in [2.24, 2.45) is 0 Å². The predicted octanol–water partition coefficient (Wildman–Crippen LogP) is 2.95. The molecular weight excluding hydrogens is 251 g/mol. The first-order valence-electron chi connectivity index (χ1n) is 6.35. The summed E-state index contributed by atoms with van der Waals surface area (Å²) in [5, 5.41) is 3.65. The maximum Gasteiger partial charge on any atom is 0.145 e. The molecule has 18 heavy (non-hydrogen) atoms. The molecule has 4 heteroatoms. The molecule has 2 nitrogen and oxygen atoms in total. The summed E-state index contributed by atoms with van der Waals surface area (Å²) in [6.45, 7) is 3.95. The fourth-order valence-corrected chi connectivity index (χ4v) is 2.16. The highest BCUT2D eigenvalue weighted by atomic mass is 35.5. The van der Waals surface area contributed by atoms with E-state index in [9.17, 15) is 4.39 Å². The Morgan fingerprint density at radius 3 is 2.72 bits per heavy atom. The van der Waals surface area contributed by atoms with E-state index in [0.29, 0.717) is 12.0 Å². The molecule has 0 aromatic heterocycles. The molecule has 0 heterocycles. The fraction of sp³-hybridized carbons (Fsp3) is 0.571. The number of benzene rings is 1. The van der Waals surface area contributed by atoms with Crippen molar-refractivity contribution < 1.29 is 4.39 Å². The third kappa shape index (κ3) is 4.92. The third-order valence-corrected chi connectivity index (χ3v) is 3.06. The molecule has 0 bridgehead atoms. The van der Waals surface area contributed by atoms with Gasteiger partial charge in [0.1, 0.15) is 5.82 Å². The van der Waals surface area contributed by atoms with Crippen LogP contribution in [0.4, 0.5) is 4.39 Å². The second-order valence-corrected chi connectivity index (χ2v) is 5.24. The summed E-state index contributed by atoms with van der Waals surface area (Å²) in [7, 11) is 4.05. The zero-order valence-electron chi connectivity index (χ0n) is 11.3. The van der Waals surface area contributed by atoms with Gasteiger partial charge in [0.15, 0.2) is 0 Å². The number of likely N-dealkylation sites (N-methyl/N-ethyl adjacent to an activating group) is 1. The SMILES string of the molecule is CCCNC(Cc1cccc(Cl)c1F)CN(C)C. The smallest absolute Gasteiger partial charge is 0.145 e. The first-order chi connectivity index (χ1) is 8.54. The molecule has 1 N–H and O–H groups in total. The van der Waals surface area contributed by atoms with Crippen molar-refractivity contribution in [2.45, 2.75) is 25.8 Å². The summed E-state index contributed by atoms with van der Waals surface area (Å²) in [5.41, 5.74) is 0.679. The molecule has 1 aromatic rings. The Kier molecular flexibility index (Phi) is 6.61. The van der Waals surface area contributed by atoms with Gasteiger partial charge in [0.2, 0.25) is 0 Å². The van der Waals surface area contributed by atoms with Gasteiger partial charge in [0, 0.05) is 12.6 Å². The minimum atomic E-state index is -0.291. The number of nitrogens with one attached hydrogen (secondary N) is 1. The van der Waals surface area contributed by atoms with Crippen LogP contribution in [0.3, 0.4) is 0 Å². The van der Waals surface area contributed by atoms with E-state index in [1.165, 1.54) is 0 Å². The molecule has 102 valence electrons. The highest BCUT2D eigenvalue weighted by Gasteiger charge is 2.14. The van der Waals surface area contributed by atoms with Crippen molar-refractivity contribution in [1.29, 1.82) is 0 Å². The molecule has 0 saturated carbocycles. The van der Waals surface area contributed by atoms with Gasteiger partial charge in [-0.2, -0.15) is 0 Å². The number of hydrogen-bond donors (Lipinski definition) is 1. The molecule has 1 rings (SSSR count). The van der Waals surface area contributed by atoms with Gasteiger partial charge in [-0.15, -0.1) is 0 Å². The average Bonchev–Trinajstić information content (AvgIpc) is 2.31. The van der Waals surface area contributed by atoms with Gasteiger partial charge in [-0.3, -0.25) is 0 Å². The fourth-order valence-electron chi connectivity index (χ4n) is 1.96. The zero-order chi connectivity index (χ0) is 13.5. The summed E-state index contributed by atoms with van der Waals surface area (Å²) in [5.74, 6) is -0.291. The van der Waals surface area contributed by atoms with Crippen LogP contribution in [0.2, 0.25) is 5.02 Å². The van der Waals surface area contributed by atoms with Crippen molar-refractivity contribution in [3.63, 3.8) is 0 Å². The summed E-state index contributed by atoms with van der Waals surface area (Å²) in [6.07, 6.45) is 1.73. The van der Waals surface area contributed by atoms with E-state index < -0.39 is 0 Å². The number of hydrogen-bond acceptors (Lipinski definition) is 2. The monoisotopic (exact) mass is 272 g/mol. The van der Waals surface area contributed by atoms with Gasteiger partial charge in [-0.05, 0) is 45.1 Å². The van der Waals surface area contributed by atoms with Crippen LogP contribution in [0.5, 0.6) is 0 Å². The van der Waals surface area contributed by atoms with Gasteiger partial charge in [0.25, 0.3) is 0 Å². The van der Waals surface area contributed by atoms with Gasteiger partial charge in [0.05, 0.1) is 5.02 Å². The van der Waals surface area contributed by atoms with Crippen LogP contribution in [0.25, 0.3) is 0 Å². The minimum absolute atomic E-state index is 0.201. The number of rotatable bonds is 7. The largest absolute Gasteiger partial charge is 0.312 e. The van der Waals surface area contributed by atoms with Crippen LogP contribution in [0, 0.1) is 5.82 Å². The predicted molar refractivity (Wildman–Crippen MR) is 75.7 cm³/mol. The standard InChI is InChI=1S/C14H22ClFN2/c1-4-8-17-12(10-18(2)3)9-11-6-5-7-13(15)14(11)16/h5-7,12,17H,4,8-10H2,1-3H3. The molecule has 0 aliphatic rings. The second kappa shape index (κ2) is 7.72. The van der Waals surface area contributed by atoms with Gasteiger partial charge in [-0.25, -0.2) is 4.39 Å². The van der Waals surface area contributed by atoms with Crippen LogP contribution < -0.4 is 5.32 Å². The van der Waals surface area contributed by atoms with Crippen molar-refractivity contribution in [3.8, 4) is 0 Å². The maximum atomic E-state index is 13.8. The Morgan fingerprint density at radius 2 is 2.11 bits per heavy atom. The molecule has 0 fully saturated rings. The Bertz CT molecular complexity index is 369. The minimum Gasteiger partial charge on any atom is -0.312 e. The molecule has 1 unspecified atom stereocenters. The van der Waals surface area contributed by atoms with Crippen LogP contribution in [-0.4, -0.2) is 38.1 Å². The summed E-state index contributed by atoms with van der Waals surface area (Å²) < 4.78 is 13.8. The molecule has 0 aliphatic carbocycles. The van der Waals surface area contributed by atoms with Crippen LogP contribution in [0.1, 0.15) is 18.9 Å². The summed E-state index contributed by atoms with van der Waals surface area (Å²) >= 11 is 5.80. The van der Waals surface area contributed by atoms with E-state index in [1.54, 1.807) is 18.2 Å². The Balaban J connectivity index is 2.72. The molecule has 0 saturated heterocycles. The lowest BCUT2D eigenvalue weighted by Gasteiger charge is -2.22. The molecule has 1 aromatic carbocycles. The molecule has 1 atom stereocenters. The lowest BCUT2D eigenvalue weighted by molar-refractivity contribution is 0.334. The third-order valence-electron chi connectivity index (χ3n) is 2.77. The van der Waals surface area contributed by atoms with E-state index in [1.807, 2.05) is 14.1 Å². The normalized spacial score (nSPS) is 13.0. The van der Waals surface area contributed by atoms with Gasteiger partial charge >= 0.3 is 0 Å². The summed E-state index contributed by atoms with van der Waals surface area (Å²) in [6, 6.07) is 5.43. The quantitative estimate of drug-likeness (QED) is 0.821. The van der Waals surface area contributed by atoms with Crippen molar-refractivity contribution in [3.05, 3.63) is 34.6 Å². The van der Waals surface area contributed by atoms with Crippen LogP contribution in [0.15, 0.2) is 18.2 Å². The number of nitrogens with zero attached hydrogens (tertiary/aromatic N) is 1. The van der Waals surface area contributed by atoms with Gasteiger partial charge in [-0.1, -0.05) is 30.7 Å². The van der Waals surface area contributed by atoms with Crippen LogP contribution >= 0.6 is 11.6 Å². The second-order valence-electron chi connectivity index (χ2n) is 4.83. The van der Waals surface area contributed by atoms with E-state index in [2.05, 4.69) is 17.1 Å². The van der Waals surface area contributed by atoms with Crippen molar-refractivity contribution in [2.75, 3.05) is 27.2 Å². The molecule has 0 aliphatic heterocycles. The summed E-state index contributed by atoms with van der Waals surface area (Å²) in [4.78, 5) is 2.11. The van der Waals surface area contributed by atoms with E-state index in [-0.39, 0.29) is 16.9 Å². The van der Waals surface area contributed by atoms with E-state index in [0.717, 1.165) is 19.5 Å². The average molecular weight is 273 g/mol. The Hall–Kier alpha value is -0.640. The lowest BCUT2D eigenvalue weighted by atomic mass is 10.0.